The number of hydrogen-bond donors (Lipinski definition) is 1. The number of nitro benzene ring substituents is 1. The zero-order valence-corrected chi connectivity index (χ0v) is 14.0. The molecule has 0 aliphatic rings. The molecule has 0 fully saturated rings. The Morgan fingerprint density at radius 3 is 2.74 bits per heavy atom. The van der Waals surface area contributed by atoms with Crippen molar-refractivity contribution in [3.8, 4) is 5.75 Å². The highest BCUT2D eigenvalue weighted by molar-refractivity contribution is 9.10. The molecule has 0 bridgehead atoms. The van der Waals surface area contributed by atoms with Crippen LogP contribution in [0.25, 0.3) is 0 Å². The molecule has 7 heteroatoms. The Labute approximate surface area is 141 Å². The minimum atomic E-state index is -0.541. The number of nitrogens with one attached hydrogen (secondary N) is 1. The van der Waals surface area contributed by atoms with Gasteiger partial charge in [-0.25, -0.2) is 0 Å². The number of ether oxygens (including phenoxy) is 1. The number of hydrogen-bond acceptors (Lipinski definition) is 4. The fourth-order valence-corrected chi connectivity index (χ4v) is 2.44. The normalized spacial score (nSPS) is 10.2. The largest absolute Gasteiger partial charge is 0.483 e. The maximum Gasteiger partial charge on any atom is 0.292 e. The summed E-state index contributed by atoms with van der Waals surface area (Å²) in [4.78, 5) is 22.3. The van der Waals surface area contributed by atoms with Crippen LogP contribution in [0.3, 0.4) is 0 Å². The van der Waals surface area contributed by atoms with Crippen molar-refractivity contribution in [2.24, 2.45) is 0 Å². The van der Waals surface area contributed by atoms with E-state index >= 15 is 0 Å². The van der Waals surface area contributed by atoms with Gasteiger partial charge in [-0.3, -0.25) is 14.9 Å². The zero-order valence-electron chi connectivity index (χ0n) is 12.4. The van der Waals surface area contributed by atoms with E-state index in [0.29, 0.717) is 5.75 Å². The fraction of sp³-hybridized carbons (Fsp3) is 0.188. The number of carbonyl (C=O) groups is 1. The molecule has 0 aliphatic heterocycles. The molecular weight excluding hydrogens is 364 g/mol. The van der Waals surface area contributed by atoms with Crippen LogP contribution in [0.5, 0.6) is 5.75 Å². The summed E-state index contributed by atoms with van der Waals surface area (Å²) in [5.74, 6) is 0.165. The van der Waals surface area contributed by atoms with Crippen LogP contribution in [0.1, 0.15) is 12.5 Å². The first-order valence-electron chi connectivity index (χ1n) is 6.95. The van der Waals surface area contributed by atoms with Crippen molar-refractivity contribution in [3.05, 3.63) is 62.6 Å². The molecule has 6 nitrogen and oxygen atoms in total. The van der Waals surface area contributed by atoms with Gasteiger partial charge in [0.25, 0.3) is 11.6 Å². The van der Waals surface area contributed by atoms with Crippen LogP contribution in [-0.4, -0.2) is 17.4 Å². The number of rotatable bonds is 6. The standard InChI is InChI=1S/C16H15BrN2O4/c1-2-11-9-12(17)7-8-15(11)23-10-16(20)18-13-5-3-4-6-14(13)19(21)22/h3-9H,2,10H2,1H3,(H,18,20). The van der Waals surface area contributed by atoms with Crippen molar-refractivity contribution in [3.63, 3.8) is 0 Å². The van der Waals surface area contributed by atoms with E-state index in [-0.39, 0.29) is 18.0 Å². The van der Waals surface area contributed by atoms with E-state index in [1.54, 1.807) is 18.2 Å². The monoisotopic (exact) mass is 378 g/mol. The second-order valence-corrected chi connectivity index (χ2v) is 5.63. The lowest BCUT2D eigenvalue weighted by Crippen LogP contribution is -2.21. The summed E-state index contributed by atoms with van der Waals surface area (Å²) < 4.78 is 6.45. The summed E-state index contributed by atoms with van der Waals surface area (Å²) in [6.07, 6.45) is 0.764. The molecule has 0 unspecified atom stereocenters. The van der Waals surface area contributed by atoms with Gasteiger partial charge in [0, 0.05) is 10.5 Å². The van der Waals surface area contributed by atoms with E-state index in [1.165, 1.54) is 12.1 Å². The first-order chi connectivity index (χ1) is 11.0. The number of para-hydroxylation sites is 2. The summed E-state index contributed by atoms with van der Waals surface area (Å²) in [6.45, 7) is 1.77. The summed E-state index contributed by atoms with van der Waals surface area (Å²) in [7, 11) is 0. The molecule has 0 aliphatic carbocycles. The molecule has 23 heavy (non-hydrogen) atoms. The van der Waals surface area contributed by atoms with Gasteiger partial charge in [-0.2, -0.15) is 0 Å². The predicted octanol–water partition coefficient (Wildman–Crippen LogP) is 3.94. The van der Waals surface area contributed by atoms with Crippen molar-refractivity contribution >= 4 is 33.2 Å². The minimum Gasteiger partial charge on any atom is -0.483 e. The minimum absolute atomic E-state index is 0.151. The Kier molecular flexibility index (Phi) is 5.70. The van der Waals surface area contributed by atoms with Crippen molar-refractivity contribution in [2.45, 2.75) is 13.3 Å². The zero-order chi connectivity index (χ0) is 16.8. The third-order valence-electron chi connectivity index (χ3n) is 3.14. The van der Waals surface area contributed by atoms with Gasteiger partial charge in [-0.05, 0) is 36.2 Å². The summed E-state index contributed by atoms with van der Waals surface area (Å²) in [6, 6.07) is 11.5. The number of benzene rings is 2. The molecule has 120 valence electrons. The lowest BCUT2D eigenvalue weighted by Gasteiger charge is -2.11. The van der Waals surface area contributed by atoms with Gasteiger partial charge in [-0.1, -0.05) is 35.0 Å². The van der Waals surface area contributed by atoms with E-state index in [2.05, 4.69) is 21.2 Å². The number of anilines is 1. The molecule has 0 atom stereocenters. The van der Waals surface area contributed by atoms with E-state index in [4.69, 9.17) is 4.74 Å². The van der Waals surface area contributed by atoms with Crippen molar-refractivity contribution in [1.82, 2.24) is 0 Å². The summed E-state index contributed by atoms with van der Waals surface area (Å²) in [5, 5.41) is 13.4. The molecule has 0 aromatic heterocycles. The number of amides is 1. The van der Waals surface area contributed by atoms with Crippen LogP contribution in [0.4, 0.5) is 11.4 Å². The molecule has 0 saturated heterocycles. The van der Waals surface area contributed by atoms with Crippen LogP contribution in [0, 0.1) is 10.1 Å². The number of carbonyl (C=O) groups excluding carboxylic acids is 1. The van der Waals surface area contributed by atoms with Crippen LogP contribution in [0.15, 0.2) is 46.9 Å². The molecule has 0 spiro atoms. The quantitative estimate of drug-likeness (QED) is 0.609. The third kappa shape index (κ3) is 4.53. The maximum atomic E-state index is 12.0. The van der Waals surface area contributed by atoms with Crippen LogP contribution >= 0.6 is 15.9 Å². The smallest absolute Gasteiger partial charge is 0.292 e. The van der Waals surface area contributed by atoms with Gasteiger partial charge in [0.1, 0.15) is 11.4 Å². The molecule has 0 radical (unpaired) electrons. The average Bonchev–Trinajstić information content (AvgIpc) is 2.53. The fourth-order valence-electron chi connectivity index (χ4n) is 2.03. The Balaban J connectivity index is 2.03. The second-order valence-electron chi connectivity index (χ2n) is 4.72. The highest BCUT2D eigenvalue weighted by atomic mass is 79.9. The molecule has 2 rings (SSSR count). The summed E-state index contributed by atoms with van der Waals surface area (Å²) >= 11 is 3.38. The molecule has 0 saturated carbocycles. The highest BCUT2D eigenvalue weighted by Gasteiger charge is 2.15. The third-order valence-corrected chi connectivity index (χ3v) is 3.63. The number of halogens is 1. The highest BCUT2D eigenvalue weighted by Crippen LogP contribution is 2.25. The predicted molar refractivity (Wildman–Crippen MR) is 90.7 cm³/mol. The summed E-state index contributed by atoms with van der Waals surface area (Å²) in [5.41, 5.74) is 0.967. The Morgan fingerprint density at radius 2 is 2.04 bits per heavy atom. The molecule has 2 aromatic rings. The van der Waals surface area contributed by atoms with E-state index in [1.807, 2.05) is 19.1 Å². The van der Waals surface area contributed by atoms with Gasteiger partial charge < -0.3 is 10.1 Å². The second kappa shape index (κ2) is 7.73. The molecule has 1 N–H and O–H groups in total. The first-order valence-corrected chi connectivity index (χ1v) is 7.75. The van der Waals surface area contributed by atoms with Gasteiger partial charge in [0.2, 0.25) is 0 Å². The van der Waals surface area contributed by atoms with Crippen LogP contribution in [-0.2, 0) is 11.2 Å². The molecular formula is C16H15BrN2O4. The molecule has 1 amide bonds. The van der Waals surface area contributed by atoms with E-state index < -0.39 is 10.8 Å². The lowest BCUT2D eigenvalue weighted by atomic mass is 10.1. The molecule has 0 heterocycles. The topological polar surface area (TPSA) is 81.5 Å². The van der Waals surface area contributed by atoms with E-state index in [0.717, 1.165) is 16.5 Å². The SMILES string of the molecule is CCc1cc(Br)ccc1OCC(=O)Nc1ccccc1[N+](=O)[O-]. The Hall–Kier alpha value is -2.41. The number of nitrogens with zero attached hydrogens (tertiary/aromatic N) is 1. The average molecular weight is 379 g/mol. The first kappa shape index (κ1) is 17.0. The molecule has 2 aromatic carbocycles. The Morgan fingerprint density at radius 1 is 1.30 bits per heavy atom. The number of nitro groups is 1. The van der Waals surface area contributed by atoms with Gasteiger partial charge in [0.15, 0.2) is 6.61 Å². The Bertz CT molecular complexity index is 734. The van der Waals surface area contributed by atoms with E-state index in [9.17, 15) is 14.9 Å². The lowest BCUT2D eigenvalue weighted by molar-refractivity contribution is -0.383. The van der Waals surface area contributed by atoms with Crippen LogP contribution in [0.2, 0.25) is 0 Å². The number of aryl methyl sites for hydroxylation is 1. The van der Waals surface area contributed by atoms with Gasteiger partial charge in [0.05, 0.1) is 4.92 Å². The van der Waals surface area contributed by atoms with Gasteiger partial charge in [-0.15, -0.1) is 0 Å². The van der Waals surface area contributed by atoms with Crippen molar-refractivity contribution < 1.29 is 14.5 Å². The van der Waals surface area contributed by atoms with Gasteiger partial charge >= 0.3 is 0 Å². The maximum absolute atomic E-state index is 12.0. The van der Waals surface area contributed by atoms with Crippen molar-refractivity contribution in [2.75, 3.05) is 11.9 Å². The van der Waals surface area contributed by atoms with Crippen molar-refractivity contribution in [1.29, 1.82) is 0 Å². The van der Waals surface area contributed by atoms with Crippen LogP contribution < -0.4 is 10.1 Å².